The smallest absolute Gasteiger partial charge is 0.390 e. The standard InChI is InChI=1S/C9H9N7O4/c10-12-7-3-6(1-2-8(7)15(17)18)4-14-5-11-9(13-14)16(19)20/h1-3,5,12H,4,10H2. The Morgan fingerprint density at radius 2 is 2.05 bits per heavy atom. The van der Waals surface area contributed by atoms with Crippen LogP contribution in [0.3, 0.4) is 0 Å². The van der Waals surface area contributed by atoms with E-state index < -0.39 is 15.8 Å². The Bertz CT molecular complexity index is 668. The van der Waals surface area contributed by atoms with E-state index in [1.807, 2.05) is 0 Å². The normalized spacial score (nSPS) is 10.2. The molecule has 0 amide bonds. The van der Waals surface area contributed by atoms with Crippen LogP contribution in [-0.4, -0.2) is 24.6 Å². The van der Waals surface area contributed by atoms with E-state index >= 15 is 0 Å². The third-order valence-corrected chi connectivity index (χ3v) is 2.45. The van der Waals surface area contributed by atoms with Gasteiger partial charge in [-0.15, -0.1) is 0 Å². The van der Waals surface area contributed by atoms with Crippen LogP contribution in [0.15, 0.2) is 24.5 Å². The molecule has 2 rings (SSSR count). The fourth-order valence-corrected chi connectivity index (χ4v) is 1.59. The van der Waals surface area contributed by atoms with Crippen LogP contribution in [-0.2, 0) is 6.54 Å². The van der Waals surface area contributed by atoms with E-state index in [9.17, 15) is 20.2 Å². The first-order valence-electron chi connectivity index (χ1n) is 5.29. The van der Waals surface area contributed by atoms with E-state index in [0.717, 1.165) is 0 Å². The Morgan fingerprint density at radius 1 is 1.30 bits per heavy atom. The topological polar surface area (TPSA) is 155 Å². The highest BCUT2D eigenvalue weighted by molar-refractivity contribution is 5.62. The van der Waals surface area contributed by atoms with Crippen molar-refractivity contribution in [2.24, 2.45) is 5.84 Å². The molecular weight excluding hydrogens is 270 g/mol. The molecule has 0 aliphatic heterocycles. The Morgan fingerprint density at radius 3 is 2.60 bits per heavy atom. The van der Waals surface area contributed by atoms with Crippen molar-refractivity contribution in [1.29, 1.82) is 0 Å². The summed E-state index contributed by atoms with van der Waals surface area (Å²) in [6.07, 6.45) is 1.20. The first-order valence-corrected chi connectivity index (χ1v) is 5.29. The molecule has 20 heavy (non-hydrogen) atoms. The van der Waals surface area contributed by atoms with Crippen LogP contribution < -0.4 is 11.3 Å². The SMILES string of the molecule is NNc1cc(Cn2cnc([N+](=O)[O-])n2)ccc1[N+](=O)[O-]. The van der Waals surface area contributed by atoms with Crippen molar-refractivity contribution < 1.29 is 9.85 Å². The molecule has 2 aromatic rings. The fourth-order valence-electron chi connectivity index (χ4n) is 1.59. The molecule has 0 saturated carbocycles. The van der Waals surface area contributed by atoms with Crippen molar-refractivity contribution in [3.05, 3.63) is 50.3 Å². The molecule has 0 unspecified atom stereocenters. The number of anilines is 1. The minimum atomic E-state index is -0.709. The van der Waals surface area contributed by atoms with Crippen molar-refractivity contribution in [3.63, 3.8) is 0 Å². The highest BCUT2D eigenvalue weighted by Gasteiger charge is 2.16. The average molecular weight is 279 g/mol. The zero-order valence-electron chi connectivity index (χ0n) is 9.96. The molecule has 0 fully saturated rings. The van der Waals surface area contributed by atoms with E-state index in [1.165, 1.54) is 29.2 Å². The average Bonchev–Trinajstić information content (AvgIpc) is 2.87. The number of nitro groups is 2. The summed E-state index contributed by atoms with van der Waals surface area (Å²) in [5, 5.41) is 24.8. The largest absolute Gasteiger partial charge is 0.490 e. The molecular formula is C9H9N7O4. The molecule has 0 radical (unpaired) electrons. The third kappa shape index (κ3) is 2.67. The van der Waals surface area contributed by atoms with E-state index in [2.05, 4.69) is 15.5 Å². The molecule has 11 heteroatoms. The van der Waals surface area contributed by atoms with Crippen LogP contribution in [0.1, 0.15) is 5.56 Å². The van der Waals surface area contributed by atoms with Crippen molar-refractivity contribution in [2.45, 2.75) is 6.54 Å². The molecule has 1 heterocycles. The van der Waals surface area contributed by atoms with Crippen LogP contribution in [0.5, 0.6) is 0 Å². The van der Waals surface area contributed by atoms with Gasteiger partial charge in [-0.05, 0) is 16.6 Å². The molecule has 11 nitrogen and oxygen atoms in total. The van der Waals surface area contributed by atoms with Crippen LogP contribution in [0.25, 0.3) is 0 Å². The molecule has 1 aromatic carbocycles. The summed E-state index contributed by atoms with van der Waals surface area (Å²) < 4.78 is 1.25. The number of aromatic nitrogens is 3. The summed E-state index contributed by atoms with van der Waals surface area (Å²) in [4.78, 5) is 23.4. The molecule has 0 aliphatic carbocycles. The number of nitrogen functional groups attached to an aromatic ring is 1. The highest BCUT2D eigenvalue weighted by Crippen LogP contribution is 2.24. The Balaban J connectivity index is 2.25. The fraction of sp³-hybridized carbons (Fsp3) is 0.111. The van der Waals surface area contributed by atoms with Gasteiger partial charge in [0.05, 0.1) is 11.5 Å². The van der Waals surface area contributed by atoms with Crippen molar-refractivity contribution in [3.8, 4) is 0 Å². The van der Waals surface area contributed by atoms with Crippen LogP contribution in [0, 0.1) is 20.2 Å². The van der Waals surface area contributed by atoms with Crippen LogP contribution >= 0.6 is 0 Å². The molecule has 0 saturated heterocycles. The second kappa shape index (κ2) is 5.27. The zero-order valence-corrected chi connectivity index (χ0v) is 9.96. The van der Waals surface area contributed by atoms with Crippen LogP contribution in [0.4, 0.5) is 17.3 Å². The number of hydrogen-bond acceptors (Lipinski definition) is 8. The summed E-state index contributed by atoms with van der Waals surface area (Å²) in [7, 11) is 0. The van der Waals surface area contributed by atoms with Gasteiger partial charge in [0, 0.05) is 11.2 Å². The van der Waals surface area contributed by atoms with E-state index in [-0.39, 0.29) is 17.9 Å². The van der Waals surface area contributed by atoms with Crippen molar-refractivity contribution >= 4 is 17.3 Å². The molecule has 1 aromatic heterocycles. The Hall–Kier alpha value is -3.08. The lowest BCUT2D eigenvalue weighted by Gasteiger charge is -2.04. The maximum atomic E-state index is 10.7. The number of hydrogen-bond donors (Lipinski definition) is 2. The highest BCUT2D eigenvalue weighted by atomic mass is 16.6. The number of hydrazine groups is 1. The minimum absolute atomic E-state index is 0.141. The van der Waals surface area contributed by atoms with Gasteiger partial charge in [-0.1, -0.05) is 11.1 Å². The quantitative estimate of drug-likeness (QED) is 0.453. The summed E-state index contributed by atoms with van der Waals surface area (Å²) in [5.41, 5.74) is 2.83. The number of nitrogens with two attached hydrogens (primary N) is 1. The molecule has 0 atom stereocenters. The van der Waals surface area contributed by atoms with Crippen molar-refractivity contribution in [2.75, 3.05) is 5.43 Å². The summed E-state index contributed by atoms with van der Waals surface area (Å²) >= 11 is 0. The number of rotatable bonds is 5. The maximum absolute atomic E-state index is 10.7. The number of nitro benzene ring substituents is 1. The minimum Gasteiger partial charge on any atom is -0.390 e. The molecule has 3 N–H and O–H groups in total. The zero-order chi connectivity index (χ0) is 14.7. The van der Waals surface area contributed by atoms with Gasteiger partial charge in [0.1, 0.15) is 5.69 Å². The van der Waals surface area contributed by atoms with Gasteiger partial charge in [0.2, 0.25) is 6.33 Å². The van der Waals surface area contributed by atoms with Gasteiger partial charge in [0.15, 0.2) is 0 Å². The van der Waals surface area contributed by atoms with E-state index in [4.69, 9.17) is 5.84 Å². The van der Waals surface area contributed by atoms with Gasteiger partial charge in [-0.2, -0.15) is 4.68 Å². The summed E-state index contributed by atoms with van der Waals surface area (Å²) in [5.74, 6) is 4.71. The molecule has 104 valence electrons. The van der Waals surface area contributed by atoms with E-state index in [0.29, 0.717) is 5.56 Å². The summed E-state index contributed by atoms with van der Waals surface area (Å²) in [6.45, 7) is 0.174. The summed E-state index contributed by atoms with van der Waals surface area (Å²) in [6, 6.07) is 4.26. The number of benzene rings is 1. The van der Waals surface area contributed by atoms with Gasteiger partial charge < -0.3 is 15.5 Å². The predicted molar refractivity (Wildman–Crippen MR) is 66.7 cm³/mol. The van der Waals surface area contributed by atoms with Gasteiger partial charge >= 0.3 is 5.95 Å². The molecule has 0 aliphatic rings. The molecule has 0 spiro atoms. The monoisotopic (exact) mass is 279 g/mol. The second-order valence-corrected chi connectivity index (χ2v) is 3.75. The lowest BCUT2D eigenvalue weighted by molar-refractivity contribution is -0.394. The predicted octanol–water partition coefficient (Wildman–Crippen LogP) is 0.428. The van der Waals surface area contributed by atoms with E-state index in [1.54, 1.807) is 0 Å². The lowest BCUT2D eigenvalue weighted by Crippen LogP contribution is -2.10. The number of nitrogens with one attached hydrogen (secondary N) is 1. The third-order valence-electron chi connectivity index (χ3n) is 2.45. The van der Waals surface area contributed by atoms with Gasteiger partial charge in [-0.25, -0.2) is 0 Å². The van der Waals surface area contributed by atoms with Gasteiger partial charge in [-0.3, -0.25) is 16.0 Å². The first-order chi connectivity index (χ1) is 9.51. The Kier molecular flexibility index (Phi) is 3.52. The van der Waals surface area contributed by atoms with Gasteiger partial charge in [0.25, 0.3) is 5.69 Å². The Labute approximate surface area is 111 Å². The van der Waals surface area contributed by atoms with Crippen LogP contribution in [0.2, 0.25) is 0 Å². The maximum Gasteiger partial charge on any atom is 0.490 e. The molecule has 0 bridgehead atoms. The lowest BCUT2D eigenvalue weighted by atomic mass is 10.2. The second-order valence-electron chi connectivity index (χ2n) is 3.75. The van der Waals surface area contributed by atoms with Crippen molar-refractivity contribution in [1.82, 2.24) is 14.8 Å². The first kappa shape index (κ1) is 13.4. The number of nitrogens with zero attached hydrogens (tertiary/aromatic N) is 5.